The summed E-state index contributed by atoms with van der Waals surface area (Å²) in [5.41, 5.74) is 1.00. The Balaban J connectivity index is 2.61. The Morgan fingerprint density at radius 1 is 1.17 bits per heavy atom. The lowest BCUT2D eigenvalue weighted by Gasteiger charge is -2.05. The summed E-state index contributed by atoms with van der Waals surface area (Å²) in [6.45, 7) is 0. The number of anilines is 1. The molecule has 0 aliphatic rings. The smallest absolute Gasteiger partial charge is 0.315 e. The molecule has 0 spiro atoms. The van der Waals surface area contributed by atoms with Crippen LogP contribution in [0.2, 0.25) is 0 Å². The molecule has 0 bridgehead atoms. The summed E-state index contributed by atoms with van der Waals surface area (Å²) >= 11 is 0. The minimum absolute atomic E-state index is 0.206. The van der Waals surface area contributed by atoms with Crippen LogP contribution in [-0.2, 0) is 14.3 Å². The molecule has 1 aromatic rings. The molecule has 96 valence electrons. The van der Waals surface area contributed by atoms with Gasteiger partial charge in [-0.15, -0.1) is 0 Å². The van der Waals surface area contributed by atoms with Gasteiger partial charge in [-0.05, 0) is 24.3 Å². The van der Waals surface area contributed by atoms with Crippen LogP contribution in [0.25, 0.3) is 0 Å². The van der Waals surface area contributed by atoms with Crippen LogP contribution in [0.1, 0.15) is 16.8 Å². The van der Waals surface area contributed by atoms with Crippen molar-refractivity contribution in [1.82, 2.24) is 5.32 Å². The third-order valence-electron chi connectivity index (χ3n) is 2.19. The number of carbonyl (C=O) groups is 3. The summed E-state index contributed by atoms with van der Waals surface area (Å²) in [4.78, 5) is 33.5. The van der Waals surface area contributed by atoms with Gasteiger partial charge in [0.2, 0.25) is 5.91 Å². The van der Waals surface area contributed by atoms with E-state index in [0.29, 0.717) is 11.3 Å². The molecule has 2 amide bonds. The summed E-state index contributed by atoms with van der Waals surface area (Å²) in [5.74, 6) is -1.27. The summed E-state index contributed by atoms with van der Waals surface area (Å²) in [6, 6.07) is 6.32. The monoisotopic (exact) mass is 250 g/mol. The number of amides is 2. The van der Waals surface area contributed by atoms with Gasteiger partial charge in [-0.25, -0.2) is 0 Å². The van der Waals surface area contributed by atoms with E-state index in [-0.39, 0.29) is 12.3 Å². The first-order valence-electron chi connectivity index (χ1n) is 5.25. The molecule has 0 radical (unpaired) electrons. The van der Waals surface area contributed by atoms with E-state index in [0.717, 1.165) is 0 Å². The molecule has 6 nitrogen and oxygen atoms in total. The third kappa shape index (κ3) is 3.89. The Labute approximate surface area is 104 Å². The Bertz CT molecular complexity index is 454. The Kier molecular flexibility index (Phi) is 4.86. The lowest BCUT2D eigenvalue weighted by Crippen LogP contribution is -2.18. The molecule has 0 aliphatic carbocycles. The van der Waals surface area contributed by atoms with E-state index in [1.54, 1.807) is 24.3 Å². The second-order valence-electron chi connectivity index (χ2n) is 3.46. The normalized spacial score (nSPS) is 9.44. The average molecular weight is 250 g/mol. The van der Waals surface area contributed by atoms with Gasteiger partial charge in [-0.3, -0.25) is 14.4 Å². The first-order chi connectivity index (χ1) is 8.56. The topological polar surface area (TPSA) is 84.5 Å². The van der Waals surface area contributed by atoms with E-state index in [9.17, 15) is 14.4 Å². The maximum atomic E-state index is 11.4. The number of methoxy groups -OCH3 is 1. The molecule has 6 heteroatoms. The van der Waals surface area contributed by atoms with Gasteiger partial charge in [0.15, 0.2) is 0 Å². The highest BCUT2D eigenvalue weighted by Crippen LogP contribution is 2.09. The van der Waals surface area contributed by atoms with Gasteiger partial charge in [0.25, 0.3) is 5.91 Å². The van der Waals surface area contributed by atoms with Crippen molar-refractivity contribution >= 4 is 23.5 Å². The number of benzene rings is 1. The molecule has 18 heavy (non-hydrogen) atoms. The number of hydrogen-bond acceptors (Lipinski definition) is 4. The van der Waals surface area contributed by atoms with Gasteiger partial charge in [-0.1, -0.05) is 0 Å². The Hall–Kier alpha value is -2.37. The van der Waals surface area contributed by atoms with Gasteiger partial charge >= 0.3 is 5.97 Å². The molecule has 1 aromatic carbocycles. The van der Waals surface area contributed by atoms with Crippen LogP contribution in [0.15, 0.2) is 24.3 Å². The number of carbonyl (C=O) groups excluding carboxylic acids is 3. The van der Waals surface area contributed by atoms with Gasteiger partial charge in [0.1, 0.15) is 6.42 Å². The quantitative estimate of drug-likeness (QED) is 0.603. The molecule has 0 saturated carbocycles. The Morgan fingerprint density at radius 2 is 1.78 bits per heavy atom. The van der Waals surface area contributed by atoms with Gasteiger partial charge in [-0.2, -0.15) is 0 Å². The van der Waals surface area contributed by atoms with Gasteiger partial charge < -0.3 is 15.4 Å². The Morgan fingerprint density at radius 3 is 2.28 bits per heavy atom. The number of esters is 1. The zero-order valence-corrected chi connectivity index (χ0v) is 10.1. The predicted octanol–water partition coefficient (Wildman–Crippen LogP) is 0.548. The fourth-order valence-corrected chi connectivity index (χ4v) is 1.26. The SMILES string of the molecule is CNC(=O)c1ccc(NC(=O)CC(=O)OC)cc1. The lowest BCUT2D eigenvalue weighted by molar-refractivity contribution is -0.142. The summed E-state index contributed by atoms with van der Waals surface area (Å²) in [5, 5.41) is 5.01. The van der Waals surface area contributed by atoms with Gasteiger partial charge in [0.05, 0.1) is 7.11 Å². The highest BCUT2D eigenvalue weighted by molar-refractivity contribution is 6.02. The van der Waals surface area contributed by atoms with Gasteiger partial charge in [0, 0.05) is 18.3 Å². The zero-order valence-electron chi connectivity index (χ0n) is 10.1. The molecule has 0 saturated heterocycles. The van der Waals surface area contributed by atoms with E-state index in [1.807, 2.05) is 0 Å². The van der Waals surface area contributed by atoms with Crippen molar-refractivity contribution in [1.29, 1.82) is 0 Å². The first kappa shape index (κ1) is 13.7. The zero-order chi connectivity index (χ0) is 13.5. The van der Waals surface area contributed by atoms with E-state index < -0.39 is 11.9 Å². The standard InChI is InChI=1S/C12H14N2O4/c1-13-12(17)8-3-5-9(6-4-8)14-10(15)7-11(16)18-2/h3-6H,7H2,1-2H3,(H,13,17)(H,14,15). The highest BCUT2D eigenvalue weighted by atomic mass is 16.5. The average Bonchev–Trinajstić information content (AvgIpc) is 2.38. The van der Waals surface area contributed by atoms with Crippen LogP contribution in [0, 0.1) is 0 Å². The molecular weight excluding hydrogens is 236 g/mol. The minimum Gasteiger partial charge on any atom is -0.469 e. The summed E-state index contributed by atoms with van der Waals surface area (Å²) < 4.78 is 4.37. The number of ether oxygens (including phenoxy) is 1. The summed E-state index contributed by atoms with van der Waals surface area (Å²) in [7, 11) is 2.75. The van der Waals surface area contributed by atoms with E-state index in [1.165, 1.54) is 14.2 Å². The van der Waals surface area contributed by atoms with Crippen molar-refractivity contribution in [3.63, 3.8) is 0 Å². The van der Waals surface area contributed by atoms with Crippen LogP contribution in [0.3, 0.4) is 0 Å². The van der Waals surface area contributed by atoms with Crippen molar-refractivity contribution in [3.8, 4) is 0 Å². The molecule has 0 aliphatic heterocycles. The number of hydrogen-bond donors (Lipinski definition) is 2. The fraction of sp³-hybridized carbons (Fsp3) is 0.250. The molecule has 2 N–H and O–H groups in total. The molecule has 0 atom stereocenters. The highest BCUT2D eigenvalue weighted by Gasteiger charge is 2.09. The third-order valence-corrected chi connectivity index (χ3v) is 2.19. The maximum Gasteiger partial charge on any atom is 0.315 e. The molecule has 0 heterocycles. The van der Waals surface area contributed by atoms with Crippen LogP contribution >= 0.6 is 0 Å². The number of rotatable bonds is 4. The van der Waals surface area contributed by atoms with Crippen molar-refractivity contribution in [2.75, 3.05) is 19.5 Å². The van der Waals surface area contributed by atoms with Crippen molar-refractivity contribution in [2.45, 2.75) is 6.42 Å². The van der Waals surface area contributed by atoms with Crippen molar-refractivity contribution in [3.05, 3.63) is 29.8 Å². The predicted molar refractivity (Wildman–Crippen MR) is 65.1 cm³/mol. The maximum absolute atomic E-state index is 11.4. The second kappa shape index (κ2) is 6.39. The van der Waals surface area contributed by atoms with E-state index in [2.05, 4.69) is 15.4 Å². The molecule has 0 aromatic heterocycles. The lowest BCUT2D eigenvalue weighted by atomic mass is 10.2. The minimum atomic E-state index is -0.602. The van der Waals surface area contributed by atoms with E-state index >= 15 is 0 Å². The molecular formula is C12H14N2O4. The molecule has 0 unspecified atom stereocenters. The van der Waals surface area contributed by atoms with Crippen LogP contribution < -0.4 is 10.6 Å². The summed E-state index contributed by atoms with van der Waals surface area (Å²) in [6.07, 6.45) is -0.340. The second-order valence-corrected chi connectivity index (χ2v) is 3.46. The largest absolute Gasteiger partial charge is 0.469 e. The van der Waals surface area contributed by atoms with Crippen LogP contribution in [-0.4, -0.2) is 31.9 Å². The molecule has 1 rings (SSSR count). The van der Waals surface area contributed by atoms with E-state index in [4.69, 9.17) is 0 Å². The number of nitrogens with one attached hydrogen (secondary N) is 2. The van der Waals surface area contributed by atoms with Crippen LogP contribution in [0.5, 0.6) is 0 Å². The van der Waals surface area contributed by atoms with Crippen LogP contribution in [0.4, 0.5) is 5.69 Å². The van der Waals surface area contributed by atoms with Crippen molar-refractivity contribution in [2.24, 2.45) is 0 Å². The van der Waals surface area contributed by atoms with Crippen molar-refractivity contribution < 1.29 is 19.1 Å². The first-order valence-corrected chi connectivity index (χ1v) is 5.25. The molecule has 0 fully saturated rings. The fourth-order valence-electron chi connectivity index (χ4n) is 1.26.